The van der Waals surface area contributed by atoms with Crippen molar-refractivity contribution in [1.82, 2.24) is 0 Å². The lowest BCUT2D eigenvalue weighted by atomic mass is 10.2. The number of hydrogen-bond donors (Lipinski definition) is 2. The van der Waals surface area contributed by atoms with Crippen LogP contribution >= 0.6 is 11.6 Å². The van der Waals surface area contributed by atoms with Crippen LogP contribution in [0.4, 0.5) is 11.4 Å². The van der Waals surface area contributed by atoms with E-state index < -0.39 is 0 Å². The van der Waals surface area contributed by atoms with Crippen molar-refractivity contribution in [3.8, 4) is 0 Å². The zero-order valence-corrected chi connectivity index (χ0v) is 10.2. The van der Waals surface area contributed by atoms with Crippen molar-refractivity contribution in [2.45, 2.75) is 19.8 Å². The molecule has 0 spiro atoms. The van der Waals surface area contributed by atoms with Gasteiger partial charge in [0.1, 0.15) is 0 Å². The van der Waals surface area contributed by atoms with E-state index in [0.717, 1.165) is 12.8 Å². The van der Waals surface area contributed by atoms with Crippen molar-refractivity contribution < 1.29 is 9.59 Å². The molecule has 0 atom stereocenters. The molecule has 2 amide bonds. The van der Waals surface area contributed by atoms with Crippen molar-refractivity contribution in [3.63, 3.8) is 0 Å². The molecule has 1 aliphatic carbocycles. The molecule has 2 N–H and O–H groups in total. The molecule has 4 nitrogen and oxygen atoms in total. The number of rotatable bonds is 3. The third kappa shape index (κ3) is 3.20. The fourth-order valence-electron chi connectivity index (χ4n) is 1.47. The fourth-order valence-corrected chi connectivity index (χ4v) is 1.70. The van der Waals surface area contributed by atoms with E-state index >= 15 is 0 Å². The first kappa shape index (κ1) is 11.9. The van der Waals surface area contributed by atoms with E-state index in [1.165, 1.54) is 6.92 Å². The molecule has 90 valence electrons. The number of carbonyl (C=O) groups excluding carboxylic acids is 2. The third-order valence-electron chi connectivity index (χ3n) is 2.50. The van der Waals surface area contributed by atoms with Gasteiger partial charge in [0.15, 0.2) is 0 Å². The number of nitrogens with one attached hydrogen (secondary N) is 2. The summed E-state index contributed by atoms with van der Waals surface area (Å²) in [7, 11) is 0. The van der Waals surface area contributed by atoms with Crippen molar-refractivity contribution in [2.75, 3.05) is 10.6 Å². The van der Waals surface area contributed by atoms with Crippen molar-refractivity contribution in [1.29, 1.82) is 0 Å². The Hall–Kier alpha value is -1.55. The summed E-state index contributed by atoms with van der Waals surface area (Å²) in [5, 5.41) is 5.81. The highest BCUT2D eigenvalue weighted by Gasteiger charge is 2.29. The van der Waals surface area contributed by atoms with Gasteiger partial charge in [0.25, 0.3) is 0 Å². The molecule has 17 heavy (non-hydrogen) atoms. The second-order valence-corrected chi connectivity index (χ2v) is 4.55. The highest BCUT2D eigenvalue weighted by Crippen LogP contribution is 2.31. The lowest BCUT2D eigenvalue weighted by molar-refractivity contribution is -0.117. The van der Waals surface area contributed by atoms with Crippen LogP contribution in [0, 0.1) is 5.92 Å². The molecule has 0 unspecified atom stereocenters. The Kier molecular flexibility index (Phi) is 3.33. The zero-order chi connectivity index (χ0) is 12.4. The fraction of sp³-hybridized carbons (Fsp3) is 0.333. The molecule has 2 rings (SSSR count). The summed E-state index contributed by atoms with van der Waals surface area (Å²) in [6.07, 6.45) is 1.92. The average molecular weight is 253 g/mol. The van der Waals surface area contributed by atoms with Crippen LogP contribution in [0.2, 0.25) is 5.02 Å². The number of amides is 2. The van der Waals surface area contributed by atoms with Crippen LogP contribution < -0.4 is 10.6 Å². The molecule has 0 aliphatic heterocycles. The van der Waals surface area contributed by atoms with Crippen molar-refractivity contribution in [3.05, 3.63) is 23.2 Å². The van der Waals surface area contributed by atoms with Crippen LogP contribution in [0.1, 0.15) is 19.8 Å². The summed E-state index contributed by atoms with van der Waals surface area (Å²) in [6.45, 7) is 1.42. The maximum absolute atomic E-state index is 11.5. The summed E-state index contributed by atoms with van der Waals surface area (Å²) in [5.74, 6) is 0.0128. The van der Waals surface area contributed by atoms with Gasteiger partial charge >= 0.3 is 0 Å². The number of hydrogen-bond acceptors (Lipinski definition) is 2. The van der Waals surface area contributed by atoms with Crippen LogP contribution in [0.15, 0.2) is 18.2 Å². The van der Waals surface area contributed by atoms with Gasteiger partial charge in [-0.3, -0.25) is 9.59 Å². The molecular formula is C12H13ClN2O2. The van der Waals surface area contributed by atoms with Gasteiger partial charge < -0.3 is 10.6 Å². The van der Waals surface area contributed by atoms with Gasteiger partial charge in [0, 0.05) is 18.5 Å². The molecule has 0 heterocycles. The van der Waals surface area contributed by atoms with Gasteiger partial charge in [-0.1, -0.05) is 11.6 Å². The monoisotopic (exact) mass is 252 g/mol. The van der Waals surface area contributed by atoms with E-state index in [4.69, 9.17) is 11.6 Å². The maximum Gasteiger partial charge on any atom is 0.227 e. The number of benzene rings is 1. The van der Waals surface area contributed by atoms with E-state index in [1.54, 1.807) is 18.2 Å². The van der Waals surface area contributed by atoms with E-state index in [1.807, 2.05) is 0 Å². The lowest BCUT2D eigenvalue weighted by Gasteiger charge is -2.08. The zero-order valence-electron chi connectivity index (χ0n) is 9.42. The second-order valence-electron chi connectivity index (χ2n) is 4.14. The Morgan fingerprint density at radius 3 is 2.53 bits per heavy atom. The Bertz CT molecular complexity index is 470. The molecule has 1 saturated carbocycles. The van der Waals surface area contributed by atoms with Gasteiger partial charge in [0.05, 0.1) is 10.7 Å². The van der Waals surface area contributed by atoms with E-state index in [2.05, 4.69) is 10.6 Å². The number of anilines is 2. The molecule has 0 radical (unpaired) electrons. The van der Waals surface area contributed by atoms with E-state index in [9.17, 15) is 9.59 Å². The molecule has 0 bridgehead atoms. The van der Waals surface area contributed by atoms with E-state index in [-0.39, 0.29) is 17.7 Å². The first-order valence-electron chi connectivity index (χ1n) is 5.44. The molecule has 0 saturated heterocycles. The predicted molar refractivity (Wildman–Crippen MR) is 67.1 cm³/mol. The minimum Gasteiger partial charge on any atom is -0.326 e. The topological polar surface area (TPSA) is 58.2 Å². The first-order valence-corrected chi connectivity index (χ1v) is 5.82. The summed E-state index contributed by atoms with van der Waals surface area (Å²) in [5.41, 5.74) is 1.20. The van der Waals surface area contributed by atoms with Gasteiger partial charge in [-0.05, 0) is 31.0 Å². The van der Waals surface area contributed by atoms with Gasteiger partial charge in [-0.25, -0.2) is 0 Å². The Morgan fingerprint density at radius 1 is 1.29 bits per heavy atom. The summed E-state index contributed by atoms with van der Waals surface area (Å²) in [4.78, 5) is 22.4. The molecule has 0 aromatic heterocycles. The summed E-state index contributed by atoms with van der Waals surface area (Å²) >= 11 is 5.99. The lowest BCUT2D eigenvalue weighted by Crippen LogP contribution is -2.13. The van der Waals surface area contributed by atoms with Gasteiger partial charge in [-0.2, -0.15) is 0 Å². The highest BCUT2D eigenvalue weighted by atomic mass is 35.5. The predicted octanol–water partition coefficient (Wildman–Crippen LogP) is 2.65. The Balaban J connectivity index is 2.07. The smallest absolute Gasteiger partial charge is 0.227 e. The highest BCUT2D eigenvalue weighted by molar-refractivity contribution is 6.34. The third-order valence-corrected chi connectivity index (χ3v) is 2.81. The second kappa shape index (κ2) is 4.75. The van der Waals surface area contributed by atoms with E-state index in [0.29, 0.717) is 16.4 Å². The molecular weight excluding hydrogens is 240 g/mol. The normalized spacial score (nSPS) is 14.2. The van der Waals surface area contributed by atoms with Gasteiger partial charge in [0.2, 0.25) is 11.8 Å². The minimum absolute atomic E-state index is 0.0355. The van der Waals surface area contributed by atoms with Crippen LogP contribution in [-0.4, -0.2) is 11.8 Å². The molecule has 1 aromatic rings. The molecule has 5 heteroatoms. The van der Waals surface area contributed by atoms with Crippen LogP contribution in [0.5, 0.6) is 0 Å². The number of halogens is 1. The molecule has 1 aromatic carbocycles. The van der Waals surface area contributed by atoms with Crippen molar-refractivity contribution in [2.24, 2.45) is 5.92 Å². The Morgan fingerprint density at radius 2 is 2.00 bits per heavy atom. The molecule has 1 fully saturated rings. The Labute approximate surface area is 104 Å². The van der Waals surface area contributed by atoms with Crippen LogP contribution in [-0.2, 0) is 9.59 Å². The maximum atomic E-state index is 11.5. The largest absolute Gasteiger partial charge is 0.326 e. The average Bonchev–Trinajstić information content (AvgIpc) is 3.05. The minimum atomic E-state index is -0.179. The summed E-state index contributed by atoms with van der Waals surface area (Å²) < 4.78 is 0. The van der Waals surface area contributed by atoms with Crippen molar-refractivity contribution >= 4 is 34.8 Å². The first-order chi connectivity index (χ1) is 8.06. The molecule has 1 aliphatic rings. The standard InChI is InChI=1S/C12H13ClN2O2/c1-7(16)14-11-5-4-9(6-10(11)13)15-12(17)8-2-3-8/h4-6,8H,2-3H2,1H3,(H,14,16)(H,15,17). The SMILES string of the molecule is CC(=O)Nc1ccc(NC(=O)C2CC2)cc1Cl. The summed E-state index contributed by atoms with van der Waals surface area (Å²) in [6, 6.07) is 5.02. The van der Waals surface area contributed by atoms with Gasteiger partial charge in [-0.15, -0.1) is 0 Å². The number of carbonyl (C=O) groups is 2. The quantitative estimate of drug-likeness (QED) is 0.869. The van der Waals surface area contributed by atoms with Crippen LogP contribution in [0.3, 0.4) is 0 Å². The van der Waals surface area contributed by atoms with Crippen LogP contribution in [0.25, 0.3) is 0 Å².